The smallest absolute Gasteiger partial charge is 0.0683 e. The van der Waals surface area contributed by atoms with Gasteiger partial charge in [-0.15, -0.1) is 0 Å². The Morgan fingerprint density at radius 2 is 2.00 bits per heavy atom. The van der Waals surface area contributed by atoms with Crippen molar-refractivity contribution >= 4 is 0 Å². The summed E-state index contributed by atoms with van der Waals surface area (Å²) in [6.07, 6.45) is 6.06. The predicted molar refractivity (Wildman–Crippen MR) is 71.8 cm³/mol. The Kier molecular flexibility index (Phi) is 4.97. The fourth-order valence-corrected chi connectivity index (χ4v) is 2.40. The van der Waals surface area contributed by atoms with Gasteiger partial charge in [-0.25, -0.2) is 0 Å². The molecule has 0 atom stereocenters. The first-order valence-corrected chi connectivity index (χ1v) is 6.71. The molecule has 1 fully saturated rings. The molecule has 1 N–H and O–H groups in total. The molecule has 17 heavy (non-hydrogen) atoms. The highest BCUT2D eigenvalue weighted by Crippen LogP contribution is 2.35. The molecule has 1 rings (SSSR count). The molecular weight excluding hydrogens is 210 g/mol. The summed E-state index contributed by atoms with van der Waals surface area (Å²) in [5, 5.41) is 12.5. The molecule has 3 heteroatoms. The van der Waals surface area contributed by atoms with Crippen LogP contribution < -0.4 is 5.32 Å². The van der Waals surface area contributed by atoms with Gasteiger partial charge >= 0.3 is 0 Å². The number of nitriles is 1. The number of likely N-dealkylation sites (N-methyl/N-ethyl adjacent to an activating group) is 1. The van der Waals surface area contributed by atoms with Crippen LogP contribution >= 0.6 is 0 Å². The summed E-state index contributed by atoms with van der Waals surface area (Å²) < 4.78 is 0. The van der Waals surface area contributed by atoms with Gasteiger partial charge in [0.05, 0.1) is 11.5 Å². The summed E-state index contributed by atoms with van der Waals surface area (Å²) in [7, 11) is 4.36. The van der Waals surface area contributed by atoms with E-state index in [2.05, 4.69) is 30.4 Å². The molecule has 1 aliphatic rings. The molecule has 0 heterocycles. The van der Waals surface area contributed by atoms with Gasteiger partial charge in [0, 0.05) is 12.1 Å². The Labute approximate surface area is 106 Å². The molecule has 0 saturated heterocycles. The first kappa shape index (κ1) is 14.5. The zero-order chi connectivity index (χ0) is 12.9. The Bertz CT molecular complexity index is 272. The summed E-state index contributed by atoms with van der Waals surface area (Å²) in [6.45, 7) is 6.15. The molecule has 0 bridgehead atoms. The second-order valence-electron chi connectivity index (χ2n) is 6.25. The molecular formula is C14H27N3. The molecule has 0 spiro atoms. The number of nitrogens with one attached hydrogen (secondary N) is 1. The minimum atomic E-state index is -0.169. The largest absolute Gasteiger partial charge is 0.315 e. The van der Waals surface area contributed by atoms with Crippen molar-refractivity contribution in [1.29, 1.82) is 5.26 Å². The maximum atomic E-state index is 8.92. The summed E-state index contributed by atoms with van der Waals surface area (Å²) in [5.74, 6) is 0. The minimum absolute atomic E-state index is 0.169. The first-order valence-electron chi connectivity index (χ1n) is 6.71. The lowest BCUT2D eigenvalue weighted by atomic mass is 9.75. The molecule has 3 nitrogen and oxygen atoms in total. The third kappa shape index (κ3) is 3.97. The van der Waals surface area contributed by atoms with Gasteiger partial charge in [-0.3, -0.25) is 0 Å². The van der Waals surface area contributed by atoms with E-state index in [1.165, 1.54) is 19.3 Å². The maximum Gasteiger partial charge on any atom is 0.0683 e. The van der Waals surface area contributed by atoms with Crippen LogP contribution in [0.5, 0.6) is 0 Å². The van der Waals surface area contributed by atoms with Crippen molar-refractivity contribution in [2.75, 3.05) is 27.2 Å². The van der Waals surface area contributed by atoms with Crippen LogP contribution in [-0.2, 0) is 0 Å². The highest BCUT2D eigenvalue weighted by Gasteiger charge is 2.38. The van der Waals surface area contributed by atoms with Crippen molar-refractivity contribution in [3.05, 3.63) is 0 Å². The van der Waals surface area contributed by atoms with Crippen LogP contribution in [0.2, 0.25) is 0 Å². The molecule has 0 aromatic carbocycles. The fourth-order valence-electron chi connectivity index (χ4n) is 2.40. The van der Waals surface area contributed by atoms with E-state index >= 15 is 0 Å². The number of hydrogen-bond donors (Lipinski definition) is 1. The Morgan fingerprint density at radius 3 is 2.41 bits per heavy atom. The predicted octanol–water partition coefficient (Wildman–Crippen LogP) is 2.39. The maximum absolute atomic E-state index is 8.92. The average Bonchev–Trinajstić information content (AvgIpc) is 2.20. The van der Waals surface area contributed by atoms with E-state index in [-0.39, 0.29) is 5.41 Å². The zero-order valence-electron chi connectivity index (χ0n) is 11.8. The number of hydrogen-bond acceptors (Lipinski definition) is 3. The average molecular weight is 237 g/mol. The topological polar surface area (TPSA) is 39.1 Å². The van der Waals surface area contributed by atoms with Crippen molar-refractivity contribution in [2.45, 2.75) is 51.5 Å². The van der Waals surface area contributed by atoms with Crippen molar-refractivity contribution in [3.8, 4) is 6.07 Å². The van der Waals surface area contributed by atoms with Gasteiger partial charge in [-0.05, 0) is 66.6 Å². The summed E-state index contributed by atoms with van der Waals surface area (Å²) in [6, 6.07) is 2.35. The van der Waals surface area contributed by atoms with Crippen LogP contribution in [0.15, 0.2) is 0 Å². The van der Waals surface area contributed by atoms with Crippen molar-refractivity contribution in [1.82, 2.24) is 10.2 Å². The van der Waals surface area contributed by atoms with Gasteiger partial charge < -0.3 is 10.2 Å². The summed E-state index contributed by atoms with van der Waals surface area (Å²) >= 11 is 0. The summed E-state index contributed by atoms with van der Waals surface area (Å²) in [4.78, 5) is 2.36. The van der Waals surface area contributed by atoms with Crippen molar-refractivity contribution in [2.24, 2.45) is 5.41 Å². The minimum Gasteiger partial charge on any atom is -0.315 e. The van der Waals surface area contributed by atoms with E-state index in [9.17, 15) is 0 Å². The molecule has 0 unspecified atom stereocenters. The second kappa shape index (κ2) is 5.84. The van der Waals surface area contributed by atoms with E-state index in [0.29, 0.717) is 5.54 Å². The lowest BCUT2D eigenvalue weighted by molar-refractivity contribution is 0.0601. The lowest BCUT2D eigenvalue weighted by Crippen LogP contribution is -2.56. The van der Waals surface area contributed by atoms with Gasteiger partial charge in [0.25, 0.3) is 0 Å². The standard InChI is InChI=1S/C14H27N3/c1-13(2,11-15)7-6-10-16-12-14(17(3)4)8-5-9-14/h16H,5-10,12H2,1-4H3. The van der Waals surface area contributed by atoms with Gasteiger partial charge in [0.15, 0.2) is 0 Å². The highest BCUT2D eigenvalue weighted by atomic mass is 15.2. The molecule has 0 amide bonds. The van der Waals surface area contributed by atoms with E-state index in [4.69, 9.17) is 5.26 Å². The molecule has 0 aromatic rings. The van der Waals surface area contributed by atoms with Crippen LogP contribution in [0.1, 0.15) is 46.0 Å². The molecule has 98 valence electrons. The SMILES string of the molecule is CN(C)C1(CNCCCC(C)(C)C#N)CCC1. The number of nitrogens with zero attached hydrogens (tertiary/aromatic N) is 2. The van der Waals surface area contributed by atoms with Crippen LogP contribution in [0.3, 0.4) is 0 Å². The van der Waals surface area contributed by atoms with Crippen LogP contribution in [0.25, 0.3) is 0 Å². The monoisotopic (exact) mass is 237 g/mol. The van der Waals surface area contributed by atoms with Crippen LogP contribution in [0.4, 0.5) is 0 Å². The van der Waals surface area contributed by atoms with E-state index in [0.717, 1.165) is 25.9 Å². The highest BCUT2D eigenvalue weighted by molar-refractivity contribution is 4.97. The first-order chi connectivity index (χ1) is 7.92. The van der Waals surface area contributed by atoms with Crippen LogP contribution in [-0.4, -0.2) is 37.6 Å². The van der Waals surface area contributed by atoms with Gasteiger partial charge in [-0.1, -0.05) is 0 Å². The van der Waals surface area contributed by atoms with Crippen LogP contribution in [0, 0.1) is 16.7 Å². The fraction of sp³-hybridized carbons (Fsp3) is 0.929. The van der Waals surface area contributed by atoms with E-state index in [1.54, 1.807) is 0 Å². The number of rotatable bonds is 7. The Morgan fingerprint density at radius 1 is 1.35 bits per heavy atom. The Balaban J connectivity index is 2.14. The zero-order valence-corrected chi connectivity index (χ0v) is 11.8. The molecule has 1 aliphatic carbocycles. The summed E-state index contributed by atoms with van der Waals surface area (Å²) in [5.41, 5.74) is 0.238. The molecule has 1 saturated carbocycles. The second-order valence-corrected chi connectivity index (χ2v) is 6.25. The van der Waals surface area contributed by atoms with E-state index < -0.39 is 0 Å². The lowest BCUT2D eigenvalue weighted by Gasteiger charge is -2.47. The van der Waals surface area contributed by atoms with Crippen molar-refractivity contribution in [3.63, 3.8) is 0 Å². The molecule has 0 radical (unpaired) electrons. The third-order valence-electron chi connectivity index (χ3n) is 4.15. The van der Waals surface area contributed by atoms with Crippen molar-refractivity contribution < 1.29 is 0 Å². The van der Waals surface area contributed by atoms with E-state index in [1.807, 2.05) is 13.8 Å². The quantitative estimate of drug-likeness (QED) is 0.691. The van der Waals surface area contributed by atoms with Gasteiger partial charge in [-0.2, -0.15) is 5.26 Å². The normalized spacial score (nSPS) is 18.8. The molecule has 0 aliphatic heterocycles. The molecule has 0 aromatic heterocycles. The van der Waals surface area contributed by atoms with Gasteiger partial charge in [0.1, 0.15) is 0 Å². The van der Waals surface area contributed by atoms with Gasteiger partial charge in [0.2, 0.25) is 0 Å². The third-order valence-corrected chi connectivity index (χ3v) is 4.15. The Hall–Kier alpha value is -0.590.